The molecule has 158 valence electrons. The van der Waals surface area contributed by atoms with Crippen molar-refractivity contribution >= 4 is 22.7 Å². The second-order valence-electron chi connectivity index (χ2n) is 7.74. The van der Waals surface area contributed by atoms with Crippen LogP contribution in [0.4, 0.5) is 5.69 Å². The second kappa shape index (κ2) is 9.04. The Balaban J connectivity index is 1.42. The summed E-state index contributed by atoms with van der Waals surface area (Å²) in [7, 11) is 0. The van der Waals surface area contributed by atoms with Crippen LogP contribution in [0.1, 0.15) is 46.3 Å². The van der Waals surface area contributed by atoms with Crippen LogP contribution in [0, 0.1) is 13.8 Å². The van der Waals surface area contributed by atoms with Crippen molar-refractivity contribution in [3.63, 3.8) is 0 Å². The smallest absolute Gasteiger partial charge is 0.255 e. The number of hydrogen-bond acceptors (Lipinski definition) is 4. The van der Waals surface area contributed by atoms with Crippen molar-refractivity contribution < 1.29 is 13.9 Å². The first-order valence-corrected chi connectivity index (χ1v) is 10.5. The Morgan fingerprint density at radius 2 is 1.87 bits per heavy atom. The number of rotatable bonds is 7. The van der Waals surface area contributed by atoms with Gasteiger partial charge < -0.3 is 14.5 Å². The molecule has 0 radical (unpaired) electrons. The maximum atomic E-state index is 12.6. The Morgan fingerprint density at radius 3 is 2.65 bits per heavy atom. The third kappa shape index (κ3) is 4.94. The first-order valence-electron chi connectivity index (χ1n) is 10.5. The van der Waals surface area contributed by atoms with Crippen LogP contribution in [-0.2, 0) is 6.42 Å². The number of carbonyl (C=O) groups is 1. The van der Waals surface area contributed by atoms with Crippen molar-refractivity contribution in [2.24, 2.45) is 0 Å². The number of aryl methyl sites for hydroxylation is 2. The number of oxazole rings is 1. The number of carbonyl (C=O) groups excluding carboxylic acids is 1. The van der Waals surface area contributed by atoms with Crippen LogP contribution in [0.25, 0.3) is 11.1 Å². The molecule has 0 aliphatic heterocycles. The number of aromatic nitrogens is 1. The van der Waals surface area contributed by atoms with Crippen molar-refractivity contribution in [1.29, 1.82) is 0 Å². The zero-order valence-electron chi connectivity index (χ0n) is 18.1. The Labute approximate surface area is 182 Å². The summed E-state index contributed by atoms with van der Waals surface area (Å²) in [6.07, 6.45) is 1.52. The molecule has 1 heterocycles. The molecule has 4 aromatic rings. The lowest BCUT2D eigenvalue weighted by molar-refractivity contribution is 0.102. The molecule has 1 N–H and O–H groups in total. The fourth-order valence-electron chi connectivity index (χ4n) is 3.53. The number of nitrogens with zero attached hydrogens (tertiary/aromatic N) is 1. The van der Waals surface area contributed by atoms with Crippen molar-refractivity contribution in [2.75, 3.05) is 11.9 Å². The zero-order chi connectivity index (χ0) is 21.8. The second-order valence-corrected chi connectivity index (χ2v) is 7.74. The number of ether oxygens (including phenoxy) is 1. The van der Waals surface area contributed by atoms with Crippen LogP contribution in [0.2, 0.25) is 0 Å². The number of anilines is 1. The molecule has 0 atom stereocenters. The molecular weight excluding hydrogens is 388 g/mol. The summed E-state index contributed by atoms with van der Waals surface area (Å²) in [5.41, 5.74) is 6.36. The van der Waals surface area contributed by atoms with Gasteiger partial charge in [-0.05, 0) is 73.4 Å². The van der Waals surface area contributed by atoms with Crippen LogP contribution in [0.3, 0.4) is 0 Å². The SMILES string of the molecule is CCCOc1cccc(C(=O)Nc2ccc(Cc3nc4cc(C)cc(C)c4o3)cc2)c1. The van der Waals surface area contributed by atoms with Crippen LogP contribution >= 0.6 is 0 Å². The summed E-state index contributed by atoms with van der Waals surface area (Å²) in [5, 5.41) is 2.93. The third-order valence-electron chi connectivity index (χ3n) is 5.00. The highest BCUT2D eigenvalue weighted by Gasteiger charge is 2.11. The maximum absolute atomic E-state index is 12.6. The lowest BCUT2D eigenvalue weighted by Crippen LogP contribution is -2.12. The van der Waals surface area contributed by atoms with Gasteiger partial charge in [0.25, 0.3) is 5.91 Å². The van der Waals surface area contributed by atoms with E-state index < -0.39 is 0 Å². The first kappa shape index (κ1) is 20.7. The molecular formula is C26H26N2O3. The standard InChI is InChI=1S/C26H26N2O3/c1-4-12-30-22-7-5-6-20(16-22)26(29)27-21-10-8-19(9-11-21)15-24-28-23-14-17(2)13-18(3)25(23)31-24/h5-11,13-14,16H,4,12,15H2,1-3H3,(H,27,29). The molecule has 5 heteroatoms. The zero-order valence-corrected chi connectivity index (χ0v) is 18.1. The molecule has 5 nitrogen and oxygen atoms in total. The Morgan fingerprint density at radius 1 is 1.06 bits per heavy atom. The minimum absolute atomic E-state index is 0.167. The maximum Gasteiger partial charge on any atom is 0.255 e. The van der Waals surface area contributed by atoms with E-state index in [9.17, 15) is 4.79 Å². The van der Waals surface area contributed by atoms with Gasteiger partial charge in [0, 0.05) is 17.7 Å². The number of hydrogen-bond donors (Lipinski definition) is 1. The summed E-state index contributed by atoms with van der Waals surface area (Å²) in [6.45, 7) is 6.77. The average Bonchev–Trinajstić information content (AvgIpc) is 3.16. The lowest BCUT2D eigenvalue weighted by Gasteiger charge is -2.08. The molecule has 0 unspecified atom stereocenters. The minimum atomic E-state index is -0.167. The van der Waals surface area contributed by atoms with Gasteiger partial charge in [0.1, 0.15) is 11.3 Å². The summed E-state index contributed by atoms with van der Waals surface area (Å²) in [5.74, 6) is 1.22. The predicted octanol–water partition coefficient (Wildman–Crippen LogP) is 6.08. The van der Waals surface area contributed by atoms with Crippen LogP contribution in [-0.4, -0.2) is 17.5 Å². The summed E-state index contributed by atoms with van der Waals surface area (Å²) in [6, 6.07) is 19.1. The molecule has 0 spiro atoms. The molecule has 3 aromatic carbocycles. The molecule has 4 rings (SSSR count). The summed E-state index contributed by atoms with van der Waals surface area (Å²) in [4.78, 5) is 17.2. The molecule has 31 heavy (non-hydrogen) atoms. The van der Waals surface area contributed by atoms with E-state index in [1.54, 1.807) is 12.1 Å². The van der Waals surface area contributed by atoms with Gasteiger partial charge in [-0.15, -0.1) is 0 Å². The number of nitrogens with one attached hydrogen (secondary N) is 1. The predicted molar refractivity (Wildman–Crippen MR) is 123 cm³/mol. The largest absolute Gasteiger partial charge is 0.494 e. The molecule has 1 aromatic heterocycles. The van der Waals surface area contributed by atoms with Gasteiger partial charge in [-0.3, -0.25) is 4.79 Å². The van der Waals surface area contributed by atoms with E-state index in [-0.39, 0.29) is 5.91 Å². The van der Waals surface area contributed by atoms with Gasteiger partial charge in [0.15, 0.2) is 11.5 Å². The van der Waals surface area contributed by atoms with E-state index in [0.29, 0.717) is 30.2 Å². The van der Waals surface area contributed by atoms with Crippen molar-refractivity contribution in [2.45, 2.75) is 33.6 Å². The number of benzene rings is 3. The number of fused-ring (bicyclic) bond motifs is 1. The van der Waals surface area contributed by atoms with Gasteiger partial charge in [0.05, 0.1) is 6.61 Å². The van der Waals surface area contributed by atoms with Crippen LogP contribution < -0.4 is 10.1 Å². The quantitative estimate of drug-likeness (QED) is 0.398. The fourth-order valence-corrected chi connectivity index (χ4v) is 3.53. The topological polar surface area (TPSA) is 64.4 Å². The Hall–Kier alpha value is -3.60. The van der Waals surface area contributed by atoms with Crippen molar-refractivity contribution in [3.05, 3.63) is 88.8 Å². The van der Waals surface area contributed by atoms with E-state index in [1.165, 1.54) is 5.56 Å². The third-order valence-corrected chi connectivity index (χ3v) is 5.00. The van der Waals surface area contributed by atoms with Crippen LogP contribution in [0.5, 0.6) is 5.75 Å². The fraction of sp³-hybridized carbons (Fsp3) is 0.231. The van der Waals surface area contributed by atoms with E-state index in [4.69, 9.17) is 9.15 Å². The average molecular weight is 415 g/mol. The lowest BCUT2D eigenvalue weighted by atomic mass is 10.1. The Kier molecular flexibility index (Phi) is 6.03. The molecule has 0 bridgehead atoms. The first-order chi connectivity index (χ1) is 15.0. The van der Waals surface area contributed by atoms with Gasteiger partial charge >= 0.3 is 0 Å². The van der Waals surface area contributed by atoms with E-state index in [1.807, 2.05) is 56.3 Å². The van der Waals surface area contributed by atoms with E-state index >= 15 is 0 Å². The summed E-state index contributed by atoms with van der Waals surface area (Å²) < 4.78 is 11.6. The van der Waals surface area contributed by atoms with Gasteiger partial charge in [-0.2, -0.15) is 0 Å². The Bertz CT molecular complexity index is 1210. The normalized spacial score (nSPS) is 10.9. The monoisotopic (exact) mass is 414 g/mol. The van der Waals surface area contributed by atoms with Gasteiger partial charge in [-0.1, -0.05) is 31.2 Å². The highest BCUT2D eigenvalue weighted by Crippen LogP contribution is 2.23. The highest BCUT2D eigenvalue weighted by atomic mass is 16.5. The van der Waals surface area contributed by atoms with E-state index in [2.05, 4.69) is 23.3 Å². The molecule has 1 amide bonds. The highest BCUT2D eigenvalue weighted by molar-refractivity contribution is 6.04. The van der Waals surface area contributed by atoms with Crippen molar-refractivity contribution in [3.8, 4) is 5.75 Å². The molecule has 0 aliphatic carbocycles. The molecule has 0 saturated carbocycles. The van der Waals surface area contributed by atoms with Crippen LogP contribution in [0.15, 0.2) is 65.1 Å². The summed E-state index contributed by atoms with van der Waals surface area (Å²) >= 11 is 0. The number of amides is 1. The molecule has 0 fully saturated rings. The molecule has 0 saturated heterocycles. The van der Waals surface area contributed by atoms with Crippen molar-refractivity contribution in [1.82, 2.24) is 4.98 Å². The van der Waals surface area contributed by atoms with Gasteiger partial charge in [0.2, 0.25) is 0 Å². The van der Waals surface area contributed by atoms with E-state index in [0.717, 1.165) is 34.3 Å². The molecule has 0 aliphatic rings. The van der Waals surface area contributed by atoms with Gasteiger partial charge in [-0.25, -0.2) is 4.98 Å². The minimum Gasteiger partial charge on any atom is -0.494 e.